The highest BCUT2D eigenvalue weighted by molar-refractivity contribution is 5.77. The van der Waals surface area contributed by atoms with Crippen molar-refractivity contribution in [3.8, 4) is 11.5 Å². The van der Waals surface area contributed by atoms with Crippen molar-refractivity contribution in [3.63, 3.8) is 0 Å². The van der Waals surface area contributed by atoms with Crippen LogP contribution < -0.4 is 20.1 Å². The van der Waals surface area contributed by atoms with Gasteiger partial charge in [-0.05, 0) is 42.6 Å². The van der Waals surface area contributed by atoms with E-state index < -0.39 is 0 Å². The normalized spacial score (nSPS) is 16.8. The van der Waals surface area contributed by atoms with Gasteiger partial charge in [-0.15, -0.1) is 0 Å². The van der Waals surface area contributed by atoms with Gasteiger partial charge in [0.2, 0.25) is 5.91 Å². The summed E-state index contributed by atoms with van der Waals surface area (Å²) >= 11 is 0. The van der Waals surface area contributed by atoms with Crippen LogP contribution in [0.15, 0.2) is 12.1 Å². The molecule has 1 aliphatic heterocycles. The van der Waals surface area contributed by atoms with E-state index in [4.69, 9.17) is 14.6 Å². The summed E-state index contributed by atoms with van der Waals surface area (Å²) in [5.74, 6) is 1.37. The third kappa shape index (κ3) is 3.90. The SMILES string of the molecule is COc1cc2c(cc1OC)[C@H](CC(=O)NCCCO)NCC2. The van der Waals surface area contributed by atoms with E-state index in [0.29, 0.717) is 30.9 Å². The molecule has 0 saturated carbocycles. The summed E-state index contributed by atoms with van der Waals surface area (Å²) in [7, 11) is 3.23. The quantitative estimate of drug-likeness (QED) is 0.649. The molecule has 1 atom stereocenters. The molecule has 0 aliphatic carbocycles. The lowest BCUT2D eigenvalue weighted by atomic mass is 9.91. The highest BCUT2D eigenvalue weighted by atomic mass is 16.5. The first-order valence-electron chi connectivity index (χ1n) is 7.55. The highest BCUT2D eigenvalue weighted by Crippen LogP contribution is 2.36. The molecule has 3 N–H and O–H groups in total. The number of amides is 1. The van der Waals surface area contributed by atoms with E-state index in [2.05, 4.69) is 10.6 Å². The van der Waals surface area contributed by atoms with Gasteiger partial charge in [-0.1, -0.05) is 0 Å². The molecule has 22 heavy (non-hydrogen) atoms. The van der Waals surface area contributed by atoms with Gasteiger partial charge >= 0.3 is 0 Å². The molecule has 0 saturated heterocycles. The first-order chi connectivity index (χ1) is 10.7. The smallest absolute Gasteiger partial charge is 0.221 e. The van der Waals surface area contributed by atoms with Crippen molar-refractivity contribution >= 4 is 5.91 Å². The molecular weight excluding hydrogens is 284 g/mol. The van der Waals surface area contributed by atoms with Crippen LogP contribution in [0.4, 0.5) is 0 Å². The zero-order valence-corrected chi connectivity index (χ0v) is 13.1. The summed E-state index contributed by atoms with van der Waals surface area (Å²) in [5.41, 5.74) is 2.27. The van der Waals surface area contributed by atoms with Crippen molar-refractivity contribution in [2.75, 3.05) is 33.9 Å². The van der Waals surface area contributed by atoms with Crippen molar-refractivity contribution in [1.29, 1.82) is 0 Å². The number of fused-ring (bicyclic) bond motifs is 1. The molecule has 0 unspecified atom stereocenters. The van der Waals surface area contributed by atoms with E-state index in [0.717, 1.165) is 18.5 Å². The van der Waals surface area contributed by atoms with E-state index in [1.54, 1.807) is 14.2 Å². The largest absolute Gasteiger partial charge is 0.493 e. The predicted molar refractivity (Wildman–Crippen MR) is 83.3 cm³/mol. The molecule has 1 aliphatic rings. The summed E-state index contributed by atoms with van der Waals surface area (Å²) in [6, 6.07) is 3.91. The van der Waals surface area contributed by atoms with Gasteiger partial charge in [0, 0.05) is 25.6 Å². The number of aliphatic hydroxyl groups excluding tert-OH is 1. The number of benzene rings is 1. The lowest BCUT2D eigenvalue weighted by Gasteiger charge is -2.27. The second kappa shape index (κ2) is 8.00. The number of carbonyl (C=O) groups excluding carboxylic acids is 1. The Morgan fingerprint density at radius 3 is 2.77 bits per heavy atom. The number of hydrogen-bond acceptors (Lipinski definition) is 5. The summed E-state index contributed by atoms with van der Waals surface area (Å²) in [5, 5.41) is 14.9. The molecule has 0 bridgehead atoms. The van der Waals surface area contributed by atoms with Gasteiger partial charge in [-0.2, -0.15) is 0 Å². The van der Waals surface area contributed by atoms with E-state index in [9.17, 15) is 4.79 Å². The number of hydrogen-bond donors (Lipinski definition) is 3. The molecule has 1 heterocycles. The van der Waals surface area contributed by atoms with Gasteiger partial charge in [0.15, 0.2) is 11.5 Å². The standard InChI is InChI=1S/C16H24N2O4/c1-21-14-8-11-4-6-17-13(12(11)9-15(14)22-2)10-16(20)18-5-3-7-19/h8-9,13,17,19H,3-7,10H2,1-2H3,(H,18,20)/t13-/m0/s1. The third-order valence-electron chi connectivity index (χ3n) is 3.85. The minimum Gasteiger partial charge on any atom is -0.493 e. The summed E-state index contributed by atoms with van der Waals surface area (Å²) in [4.78, 5) is 12.0. The topological polar surface area (TPSA) is 79.8 Å². The number of aliphatic hydroxyl groups is 1. The average Bonchev–Trinajstić information content (AvgIpc) is 2.54. The van der Waals surface area contributed by atoms with Crippen molar-refractivity contribution < 1.29 is 19.4 Å². The number of carbonyl (C=O) groups is 1. The molecule has 1 aromatic rings. The summed E-state index contributed by atoms with van der Waals surface area (Å²) < 4.78 is 10.7. The zero-order chi connectivity index (χ0) is 15.9. The van der Waals surface area contributed by atoms with Crippen LogP contribution in [0.25, 0.3) is 0 Å². The molecule has 0 spiro atoms. The Morgan fingerprint density at radius 2 is 2.09 bits per heavy atom. The molecule has 6 nitrogen and oxygen atoms in total. The fourth-order valence-corrected chi connectivity index (χ4v) is 2.72. The second-order valence-corrected chi connectivity index (χ2v) is 5.29. The monoisotopic (exact) mass is 308 g/mol. The van der Waals surface area contributed by atoms with Gasteiger partial charge in [0.25, 0.3) is 0 Å². The first kappa shape index (κ1) is 16.6. The Bertz CT molecular complexity index is 519. The van der Waals surface area contributed by atoms with E-state index >= 15 is 0 Å². The number of ether oxygens (including phenoxy) is 2. The van der Waals surface area contributed by atoms with Gasteiger partial charge in [0.1, 0.15) is 0 Å². The van der Waals surface area contributed by atoms with Gasteiger partial charge < -0.3 is 25.2 Å². The lowest BCUT2D eigenvalue weighted by Crippen LogP contribution is -2.35. The van der Waals surface area contributed by atoms with Crippen molar-refractivity contribution in [2.45, 2.75) is 25.3 Å². The van der Waals surface area contributed by atoms with Crippen LogP contribution in [0, 0.1) is 0 Å². The Labute approximate surface area is 130 Å². The van der Waals surface area contributed by atoms with Crippen molar-refractivity contribution in [1.82, 2.24) is 10.6 Å². The lowest BCUT2D eigenvalue weighted by molar-refractivity contribution is -0.121. The highest BCUT2D eigenvalue weighted by Gasteiger charge is 2.24. The number of methoxy groups -OCH3 is 2. The van der Waals surface area contributed by atoms with Crippen LogP contribution >= 0.6 is 0 Å². The van der Waals surface area contributed by atoms with Crippen molar-refractivity contribution in [3.05, 3.63) is 23.3 Å². The Morgan fingerprint density at radius 1 is 1.36 bits per heavy atom. The fraction of sp³-hybridized carbons (Fsp3) is 0.562. The molecule has 1 amide bonds. The molecule has 0 fully saturated rings. The van der Waals surface area contributed by atoms with Gasteiger partial charge in [-0.25, -0.2) is 0 Å². The third-order valence-corrected chi connectivity index (χ3v) is 3.85. The Hall–Kier alpha value is -1.79. The maximum atomic E-state index is 12.0. The maximum Gasteiger partial charge on any atom is 0.221 e. The number of nitrogens with one attached hydrogen (secondary N) is 2. The van der Waals surface area contributed by atoms with Crippen LogP contribution in [0.1, 0.15) is 30.0 Å². The van der Waals surface area contributed by atoms with Crippen LogP contribution in [0.3, 0.4) is 0 Å². The minimum atomic E-state index is -0.0299. The predicted octanol–water partition coefficient (Wildman–Crippen LogP) is 0.779. The molecule has 0 aromatic heterocycles. The molecule has 6 heteroatoms. The number of rotatable bonds is 7. The van der Waals surface area contributed by atoms with Crippen LogP contribution in [-0.4, -0.2) is 44.9 Å². The Balaban J connectivity index is 2.12. The maximum absolute atomic E-state index is 12.0. The van der Waals surface area contributed by atoms with E-state index in [1.165, 1.54) is 5.56 Å². The van der Waals surface area contributed by atoms with Crippen LogP contribution in [0.2, 0.25) is 0 Å². The molecular formula is C16H24N2O4. The van der Waals surface area contributed by atoms with Crippen molar-refractivity contribution in [2.24, 2.45) is 0 Å². The van der Waals surface area contributed by atoms with Crippen LogP contribution in [-0.2, 0) is 11.2 Å². The van der Waals surface area contributed by atoms with Crippen LogP contribution in [0.5, 0.6) is 11.5 Å². The molecule has 122 valence electrons. The van der Waals surface area contributed by atoms with Gasteiger partial charge in [0.05, 0.1) is 14.2 Å². The molecule has 1 aromatic carbocycles. The van der Waals surface area contributed by atoms with E-state index in [-0.39, 0.29) is 18.6 Å². The first-order valence-corrected chi connectivity index (χ1v) is 7.55. The molecule has 2 rings (SSSR count). The fourth-order valence-electron chi connectivity index (χ4n) is 2.72. The minimum absolute atomic E-state index is 0.0198. The zero-order valence-electron chi connectivity index (χ0n) is 13.1. The second-order valence-electron chi connectivity index (χ2n) is 5.29. The average molecular weight is 308 g/mol. The summed E-state index contributed by atoms with van der Waals surface area (Å²) in [6.07, 6.45) is 1.84. The summed E-state index contributed by atoms with van der Waals surface area (Å²) in [6.45, 7) is 1.42. The Kier molecular flexibility index (Phi) is 6.03. The van der Waals surface area contributed by atoms with E-state index in [1.807, 2.05) is 12.1 Å². The van der Waals surface area contributed by atoms with Gasteiger partial charge in [-0.3, -0.25) is 4.79 Å². The molecule has 0 radical (unpaired) electrons.